The van der Waals surface area contributed by atoms with E-state index in [0.717, 1.165) is 5.69 Å². The van der Waals surface area contributed by atoms with Gasteiger partial charge in [-0.3, -0.25) is 9.59 Å². The third-order valence-corrected chi connectivity index (χ3v) is 3.63. The van der Waals surface area contributed by atoms with Gasteiger partial charge in [0, 0.05) is 16.0 Å². The summed E-state index contributed by atoms with van der Waals surface area (Å²) < 4.78 is 0. The van der Waals surface area contributed by atoms with E-state index in [2.05, 4.69) is 15.6 Å². The maximum atomic E-state index is 12.0. The lowest BCUT2D eigenvalue weighted by Gasteiger charge is -2.13. The van der Waals surface area contributed by atoms with Crippen LogP contribution in [0.25, 0.3) is 0 Å². The van der Waals surface area contributed by atoms with Crippen molar-refractivity contribution < 1.29 is 9.59 Å². The fraction of sp³-hybridized carbons (Fsp3) is 0.214. The van der Waals surface area contributed by atoms with E-state index in [1.807, 2.05) is 5.38 Å². The molecule has 0 aliphatic carbocycles. The average Bonchev–Trinajstić information content (AvgIpc) is 2.97. The van der Waals surface area contributed by atoms with Gasteiger partial charge in [0.05, 0.1) is 17.7 Å². The van der Waals surface area contributed by atoms with Crippen molar-refractivity contribution in [2.45, 2.75) is 19.5 Å². The van der Waals surface area contributed by atoms with E-state index in [1.165, 1.54) is 11.3 Å². The van der Waals surface area contributed by atoms with Crippen LogP contribution in [0.1, 0.15) is 23.0 Å². The summed E-state index contributed by atoms with van der Waals surface area (Å²) in [6.45, 7) is 1.97. The highest BCUT2D eigenvalue weighted by Crippen LogP contribution is 2.10. The van der Waals surface area contributed by atoms with E-state index in [-0.39, 0.29) is 11.8 Å². The summed E-state index contributed by atoms with van der Waals surface area (Å²) in [6.07, 6.45) is 0. The predicted molar refractivity (Wildman–Crippen MR) is 82.3 cm³/mol. The van der Waals surface area contributed by atoms with Crippen LogP contribution < -0.4 is 10.6 Å². The third kappa shape index (κ3) is 4.54. The average molecular weight is 324 g/mol. The molecule has 0 fully saturated rings. The van der Waals surface area contributed by atoms with Crippen molar-refractivity contribution >= 4 is 34.8 Å². The summed E-state index contributed by atoms with van der Waals surface area (Å²) in [6, 6.07) is 5.92. The molecule has 1 aromatic carbocycles. The van der Waals surface area contributed by atoms with Crippen molar-refractivity contribution in [3.8, 4) is 0 Å². The van der Waals surface area contributed by atoms with Gasteiger partial charge in [0.2, 0.25) is 5.91 Å². The molecule has 0 aliphatic rings. The van der Waals surface area contributed by atoms with Crippen LogP contribution in [0.2, 0.25) is 5.02 Å². The smallest absolute Gasteiger partial charge is 0.251 e. The minimum atomic E-state index is -0.643. The molecule has 1 unspecified atom stereocenters. The van der Waals surface area contributed by atoms with Crippen LogP contribution in [-0.2, 0) is 11.3 Å². The molecule has 110 valence electrons. The second kappa shape index (κ2) is 7.19. The molecule has 0 saturated carbocycles. The highest BCUT2D eigenvalue weighted by atomic mass is 35.5. The maximum absolute atomic E-state index is 12.0. The number of rotatable bonds is 5. The molecule has 7 heteroatoms. The Labute approximate surface area is 131 Å². The number of benzene rings is 1. The summed E-state index contributed by atoms with van der Waals surface area (Å²) >= 11 is 7.29. The minimum absolute atomic E-state index is 0.265. The lowest BCUT2D eigenvalue weighted by Crippen LogP contribution is -2.44. The van der Waals surface area contributed by atoms with Crippen molar-refractivity contribution in [2.24, 2.45) is 0 Å². The largest absolute Gasteiger partial charge is 0.349 e. The van der Waals surface area contributed by atoms with Crippen molar-refractivity contribution in [3.05, 3.63) is 51.4 Å². The van der Waals surface area contributed by atoms with Crippen molar-refractivity contribution in [1.29, 1.82) is 0 Å². The SMILES string of the molecule is CC(NC(=O)c1cccc(Cl)c1)C(=O)NCc1cscn1. The molecule has 0 saturated heterocycles. The monoisotopic (exact) mass is 323 g/mol. The van der Waals surface area contributed by atoms with Crippen LogP contribution in [0.5, 0.6) is 0 Å². The molecule has 1 atom stereocenters. The zero-order chi connectivity index (χ0) is 15.2. The van der Waals surface area contributed by atoms with Gasteiger partial charge in [0.1, 0.15) is 6.04 Å². The molecular weight excluding hydrogens is 310 g/mol. The predicted octanol–water partition coefficient (Wildman–Crippen LogP) is 2.23. The second-order valence-electron chi connectivity index (χ2n) is 4.40. The van der Waals surface area contributed by atoms with E-state index in [4.69, 9.17) is 11.6 Å². The van der Waals surface area contributed by atoms with Crippen LogP contribution in [0.4, 0.5) is 0 Å². The van der Waals surface area contributed by atoms with Gasteiger partial charge < -0.3 is 10.6 Å². The van der Waals surface area contributed by atoms with Gasteiger partial charge in [-0.25, -0.2) is 4.98 Å². The Morgan fingerprint density at radius 3 is 2.90 bits per heavy atom. The van der Waals surface area contributed by atoms with Gasteiger partial charge in [0.25, 0.3) is 5.91 Å². The number of aromatic nitrogens is 1. The standard InChI is InChI=1S/C14H14ClN3O2S/c1-9(13(19)16-6-12-7-21-8-17-12)18-14(20)10-3-2-4-11(15)5-10/h2-5,7-9H,6H2,1H3,(H,16,19)(H,18,20). The summed E-state index contributed by atoms with van der Waals surface area (Å²) in [7, 11) is 0. The van der Waals surface area contributed by atoms with Gasteiger partial charge in [-0.1, -0.05) is 17.7 Å². The van der Waals surface area contributed by atoms with Gasteiger partial charge in [-0.05, 0) is 25.1 Å². The number of amides is 2. The Hall–Kier alpha value is -1.92. The van der Waals surface area contributed by atoms with Crippen LogP contribution in [-0.4, -0.2) is 22.8 Å². The van der Waals surface area contributed by atoms with E-state index in [0.29, 0.717) is 17.1 Å². The van der Waals surface area contributed by atoms with Gasteiger partial charge in [-0.15, -0.1) is 11.3 Å². The van der Waals surface area contributed by atoms with Gasteiger partial charge in [0.15, 0.2) is 0 Å². The molecule has 5 nitrogen and oxygen atoms in total. The molecular formula is C14H14ClN3O2S. The van der Waals surface area contributed by atoms with E-state index >= 15 is 0 Å². The number of nitrogens with one attached hydrogen (secondary N) is 2. The van der Waals surface area contributed by atoms with E-state index < -0.39 is 6.04 Å². The molecule has 0 spiro atoms. The lowest BCUT2D eigenvalue weighted by atomic mass is 10.2. The molecule has 0 bridgehead atoms. The fourth-order valence-electron chi connectivity index (χ4n) is 1.63. The number of carbonyl (C=O) groups excluding carboxylic acids is 2. The zero-order valence-corrected chi connectivity index (χ0v) is 12.9. The number of hydrogen-bond acceptors (Lipinski definition) is 4. The Kier molecular flexibility index (Phi) is 5.30. The molecule has 21 heavy (non-hydrogen) atoms. The molecule has 0 radical (unpaired) electrons. The van der Waals surface area contributed by atoms with Crippen LogP contribution in [0.15, 0.2) is 35.2 Å². The van der Waals surface area contributed by atoms with Crippen molar-refractivity contribution in [3.63, 3.8) is 0 Å². The van der Waals surface area contributed by atoms with Gasteiger partial charge in [-0.2, -0.15) is 0 Å². The topological polar surface area (TPSA) is 71.1 Å². The Bertz CT molecular complexity index is 631. The van der Waals surface area contributed by atoms with E-state index in [9.17, 15) is 9.59 Å². The molecule has 2 aromatic rings. The third-order valence-electron chi connectivity index (χ3n) is 2.75. The summed E-state index contributed by atoms with van der Waals surface area (Å²) in [5.74, 6) is -0.604. The quantitative estimate of drug-likeness (QED) is 0.886. The van der Waals surface area contributed by atoms with Crippen LogP contribution in [0.3, 0.4) is 0 Å². The number of nitrogens with zero attached hydrogens (tertiary/aromatic N) is 1. The molecule has 2 rings (SSSR count). The highest BCUT2D eigenvalue weighted by molar-refractivity contribution is 7.07. The number of carbonyl (C=O) groups is 2. The minimum Gasteiger partial charge on any atom is -0.349 e. The lowest BCUT2D eigenvalue weighted by molar-refractivity contribution is -0.122. The first kappa shape index (κ1) is 15.5. The molecule has 1 aromatic heterocycles. The van der Waals surface area contributed by atoms with Crippen LogP contribution in [0, 0.1) is 0 Å². The summed E-state index contributed by atoms with van der Waals surface area (Å²) in [5.41, 5.74) is 2.91. The molecule has 2 N–H and O–H groups in total. The molecule has 0 aliphatic heterocycles. The Morgan fingerprint density at radius 1 is 1.43 bits per heavy atom. The second-order valence-corrected chi connectivity index (χ2v) is 5.56. The maximum Gasteiger partial charge on any atom is 0.251 e. The number of hydrogen-bond donors (Lipinski definition) is 2. The zero-order valence-electron chi connectivity index (χ0n) is 11.3. The first-order chi connectivity index (χ1) is 10.1. The molecule has 1 heterocycles. The fourth-order valence-corrected chi connectivity index (χ4v) is 2.38. The Balaban J connectivity index is 1.86. The summed E-state index contributed by atoms with van der Waals surface area (Å²) in [4.78, 5) is 27.9. The molecule has 2 amide bonds. The van der Waals surface area contributed by atoms with Crippen molar-refractivity contribution in [1.82, 2.24) is 15.6 Å². The first-order valence-electron chi connectivity index (χ1n) is 6.27. The van der Waals surface area contributed by atoms with Gasteiger partial charge >= 0.3 is 0 Å². The van der Waals surface area contributed by atoms with E-state index in [1.54, 1.807) is 36.7 Å². The normalized spacial score (nSPS) is 11.7. The number of halogens is 1. The number of thiazole rings is 1. The Morgan fingerprint density at radius 2 is 2.24 bits per heavy atom. The van der Waals surface area contributed by atoms with Crippen LogP contribution >= 0.6 is 22.9 Å². The summed E-state index contributed by atoms with van der Waals surface area (Å²) in [5, 5.41) is 7.68. The first-order valence-corrected chi connectivity index (χ1v) is 7.59. The highest BCUT2D eigenvalue weighted by Gasteiger charge is 2.16. The van der Waals surface area contributed by atoms with Crippen molar-refractivity contribution in [2.75, 3.05) is 0 Å².